The molecule has 1 heterocycles. The van der Waals surface area contributed by atoms with Gasteiger partial charge in [0.2, 0.25) is 11.8 Å². The van der Waals surface area contributed by atoms with Crippen molar-refractivity contribution in [3.8, 4) is 0 Å². The lowest BCUT2D eigenvalue weighted by molar-refractivity contribution is -0.203. The van der Waals surface area contributed by atoms with Crippen LogP contribution >= 0.6 is 0 Å². The molecule has 0 bridgehead atoms. The Morgan fingerprint density at radius 3 is 2.14 bits per heavy atom. The van der Waals surface area contributed by atoms with Crippen LogP contribution in [0.5, 0.6) is 0 Å². The predicted octanol–water partition coefficient (Wildman–Crippen LogP) is 3.63. The average Bonchev–Trinajstić information content (AvgIpc) is 2.81. The Morgan fingerprint density at radius 1 is 1.00 bits per heavy atom. The molecule has 9 nitrogen and oxygen atoms in total. The molecule has 2 amide bonds. The zero-order valence-corrected chi connectivity index (χ0v) is 23.7. The van der Waals surface area contributed by atoms with Crippen molar-refractivity contribution in [1.82, 2.24) is 10.9 Å². The van der Waals surface area contributed by atoms with E-state index in [0.29, 0.717) is 25.9 Å². The van der Waals surface area contributed by atoms with E-state index in [9.17, 15) is 18.0 Å². The highest BCUT2D eigenvalue weighted by atomic mass is 32.2. The van der Waals surface area contributed by atoms with E-state index >= 15 is 0 Å². The van der Waals surface area contributed by atoms with E-state index in [1.54, 1.807) is 0 Å². The van der Waals surface area contributed by atoms with Gasteiger partial charge in [0.15, 0.2) is 16.1 Å². The number of amides is 2. The summed E-state index contributed by atoms with van der Waals surface area (Å²) in [7, 11) is -3.80. The quantitative estimate of drug-likeness (QED) is 0.187. The number of carbonyl (C=O) groups excluding carboxylic acids is 2. The SMILES string of the molecule is CC(C)C[C@@H](C(=O)NN)[C@@H](C(=O)NOC1CCCCO1)C(CC(C)C)(CC1CCCCC1)S(C)(=O)=O. The third kappa shape index (κ3) is 8.39. The molecule has 210 valence electrons. The number of hydrazine groups is 1. The van der Waals surface area contributed by atoms with Gasteiger partial charge in [-0.1, -0.05) is 59.8 Å². The fraction of sp³-hybridized carbons (Fsp3) is 0.923. The van der Waals surface area contributed by atoms with Crippen LogP contribution in [0.25, 0.3) is 0 Å². The van der Waals surface area contributed by atoms with Crippen molar-refractivity contribution in [3.63, 3.8) is 0 Å². The maximum absolute atomic E-state index is 14.0. The van der Waals surface area contributed by atoms with Crippen molar-refractivity contribution in [1.29, 1.82) is 0 Å². The van der Waals surface area contributed by atoms with Crippen molar-refractivity contribution in [2.24, 2.45) is 35.4 Å². The van der Waals surface area contributed by atoms with Crippen LogP contribution in [0.3, 0.4) is 0 Å². The van der Waals surface area contributed by atoms with E-state index < -0.39 is 44.5 Å². The topological polar surface area (TPSA) is 137 Å². The van der Waals surface area contributed by atoms with Crippen molar-refractivity contribution in [3.05, 3.63) is 0 Å². The number of sulfone groups is 1. The first-order valence-electron chi connectivity index (χ1n) is 13.7. The second-order valence-electron chi connectivity index (χ2n) is 11.7. The lowest BCUT2D eigenvalue weighted by atomic mass is 9.68. The summed E-state index contributed by atoms with van der Waals surface area (Å²) in [5, 5.41) is 0. The lowest BCUT2D eigenvalue weighted by Gasteiger charge is -2.45. The van der Waals surface area contributed by atoms with E-state index in [2.05, 4.69) is 10.9 Å². The highest BCUT2D eigenvalue weighted by Crippen LogP contribution is 2.46. The first-order chi connectivity index (χ1) is 16.9. The second kappa shape index (κ2) is 14.1. The molecule has 1 saturated carbocycles. The van der Waals surface area contributed by atoms with Gasteiger partial charge in [-0.15, -0.1) is 0 Å². The maximum Gasteiger partial charge on any atom is 0.249 e. The number of nitrogens with two attached hydrogens (primary N) is 1. The highest BCUT2D eigenvalue weighted by molar-refractivity contribution is 7.92. The fourth-order valence-corrected chi connectivity index (χ4v) is 8.14. The van der Waals surface area contributed by atoms with Gasteiger partial charge in [-0.2, -0.15) is 0 Å². The first kappa shape index (κ1) is 31.0. The maximum atomic E-state index is 14.0. The highest BCUT2D eigenvalue weighted by Gasteiger charge is 2.56. The summed E-state index contributed by atoms with van der Waals surface area (Å²) in [5.41, 5.74) is 4.74. The minimum atomic E-state index is -3.80. The van der Waals surface area contributed by atoms with Gasteiger partial charge in [0, 0.05) is 19.3 Å². The summed E-state index contributed by atoms with van der Waals surface area (Å²) in [6.07, 6.45) is 9.11. The first-order valence-corrected chi connectivity index (χ1v) is 15.6. The molecule has 1 saturated heterocycles. The van der Waals surface area contributed by atoms with Gasteiger partial charge in [-0.3, -0.25) is 15.0 Å². The Hall–Kier alpha value is -1.23. The molecule has 10 heteroatoms. The van der Waals surface area contributed by atoms with Gasteiger partial charge < -0.3 is 4.74 Å². The molecule has 0 aromatic rings. The molecule has 36 heavy (non-hydrogen) atoms. The van der Waals surface area contributed by atoms with Gasteiger partial charge in [-0.05, 0) is 49.9 Å². The number of nitrogens with one attached hydrogen (secondary N) is 2. The standard InChI is InChI=1S/C26H49N3O6S/c1-18(2)15-21(24(30)28-27)23(25(31)29-35-22-13-9-10-14-34-22)26(16-19(3)4,36(5,32)33)17-20-11-7-6-8-12-20/h18-23H,6-17,27H2,1-5H3,(H,28,30)(H,29,31)/t21-,22?,23+,26?/m1/s1. The second-order valence-corrected chi connectivity index (χ2v) is 14.1. The summed E-state index contributed by atoms with van der Waals surface area (Å²) in [5.74, 6) is 2.57. The summed E-state index contributed by atoms with van der Waals surface area (Å²) in [6.45, 7) is 8.36. The van der Waals surface area contributed by atoms with Crippen LogP contribution in [0.4, 0.5) is 0 Å². The smallest absolute Gasteiger partial charge is 0.249 e. The van der Waals surface area contributed by atoms with Crippen molar-refractivity contribution >= 4 is 21.7 Å². The van der Waals surface area contributed by atoms with Crippen LogP contribution in [-0.4, -0.2) is 44.1 Å². The summed E-state index contributed by atoms with van der Waals surface area (Å²) < 4.78 is 31.8. The molecule has 2 fully saturated rings. The van der Waals surface area contributed by atoms with Crippen molar-refractivity contribution in [2.45, 2.75) is 109 Å². The third-order valence-electron chi connectivity index (χ3n) is 7.74. The van der Waals surface area contributed by atoms with Gasteiger partial charge in [0.05, 0.1) is 16.6 Å². The molecule has 0 spiro atoms. The monoisotopic (exact) mass is 531 g/mol. The van der Waals surface area contributed by atoms with Crippen LogP contribution < -0.4 is 16.7 Å². The number of hydrogen-bond acceptors (Lipinski definition) is 7. The normalized spacial score (nSPS) is 23.2. The number of rotatable bonds is 13. The number of ether oxygens (including phenoxy) is 1. The van der Waals surface area contributed by atoms with Gasteiger partial charge in [0.1, 0.15) is 0 Å². The molecule has 0 radical (unpaired) electrons. The fourth-order valence-electron chi connectivity index (χ4n) is 6.23. The van der Waals surface area contributed by atoms with E-state index in [4.69, 9.17) is 15.4 Å². The number of hydrogen-bond donors (Lipinski definition) is 3. The van der Waals surface area contributed by atoms with Crippen LogP contribution in [0, 0.1) is 29.6 Å². The predicted molar refractivity (Wildman–Crippen MR) is 140 cm³/mol. The van der Waals surface area contributed by atoms with Crippen LogP contribution in [0.1, 0.15) is 98.3 Å². The molecule has 0 aromatic carbocycles. The lowest BCUT2D eigenvalue weighted by Crippen LogP contribution is -2.59. The van der Waals surface area contributed by atoms with E-state index in [1.165, 1.54) is 6.26 Å². The number of carbonyl (C=O) groups is 2. The van der Waals surface area contributed by atoms with Gasteiger partial charge in [-0.25, -0.2) is 24.6 Å². The van der Waals surface area contributed by atoms with Crippen LogP contribution in [-0.2, 0) is 29.0 Å². The van der Waals surface area contributed by atoms with E-state index in [1.807, 2.05) is 27.7 Å². The molecule has 2 aliphatic rings. The summed E-state index contributed by atoms with van der Waals surface area (Å²) in [6, 6.07) is 0. The molecule has 2 unspecified atom stereocenters. The molecule has 0 aromatic heterocycles. The Bertz CT molecular complexity index is 806. The van der Waals surface area contributed by atoms with Crippen molar-refractivity contribution < 1.29 is 27.6 Å². The van der Waals surface area contributed by atoms with Crippen LogP contribution in [0.2, 0.25) is 0 Å². The van der Waals surface area contributed by atoms with Crippen molar-refractivity contribution in [2.75, 3.05) is 12.9 Å². The minimum Gasteiger partial charge on any atom is -0.350 e. The third-order valence-corrected chi connectivity index (χ3v) is 9.80. The largest absolute Gasteiger partial charge is 0.350 e. The summed E-state index contributed by atoms with van der Waals surface area (Å²) in [4.78, 5) is 32.8. The molecule has 4 N–H and O–H groups in total. The molecule has 4 atom stereocenters. The van der Waals surface area contributed by atoms with E-state index in [0.717, 1.165) is 44.9 Å². The zero-order valence-electron chi connectivity index (χ0n) is 22.9. The van der Waals surface area contributed by atoms with Crippen LogP contribution in [0.15, 0.2) is 0 Å². The van der Waals surface area contributed by atoms with E-state index in [-0.39, 0.29) is 24.2 Å². The van der Waals surface area contributed by atoms with Gasteiger partial charge in [0.25, 0.3) is 0 Å². The Morgan fingerprint density at radius 2 is 1.64 bits per heavy atom. The summed E-state index contributed by atoms with van der Waals surface area (Å²) >= 11 is 0. The Kier molecular flexibility index (Phi) is 12.1. The Balaban J connectivity index is 2.59. The minimum absolute atomic E-state index is 0.0122. The average molecular weight is 532 g/mol. The molecular weight excluding hydrogens is 482 g/mol. The molecule has 1 aliphatic heterocycles. The molecule has 2 rings (SSSR count). The molecule has 1 aliphatic carbocycles. The Labute approximate surface area is 217 Å². The zero-order chi connectivity index (χ0) is 26.9. The van der Waals surface area contributed by atoms with Gasteiger partial charge >= 0.3 is 0 Å². The molecular formula is C26H49N3O6S. The number of hydroxylamine groups is 1.